The van der Waals surface area contributed by atoms with Gasteiger partial charge in [-0.05, 0) is 0 Å². The third-order valence-electron chi connectivity index (χ3n) is 8.61. The van der Waals surface area contributed by atoms with E-state index in [-0.39, 0.29) is 5.96 Å². The zero-order valence-electron chi connectivity index (χ0n) is 12.7. The maximum Gasteiger partial charge on any atom is 0.342 e. The maximum absolute atomic E-state index is 13.2. The molecule has 0 amide bonds. The van der Waals surface area contributed by atoms with Gasteiger partial charge in [-0.1, -0.05) is 0 Å². The number of fused-ring (bicyclic) bond motifs is 1. The van der Waals surface area contributed by atoms with Crippen molar-refractivity contribution in [2.24, 2.45) is 23.0 Å². The molecule has 4 heterocycles. The lowest BCUT2D eigenvalue weighted by atomic mass is 9.10. The molecule has 4 saturated carbocycles. The van der Waals surface area contributed by atoms with Crippen LogP contribution in [0.25, 0.3) is 0 Å². The van der Waals surface area contributed by atoms with Gasteiger partial charge in [-0.2, -0.15) is 0 Å². The van der Waals surface area contributed by atoms with Crippen molar-refractivity contribution in [3.8, 4) is 0 Å². The van der Waals surface area contributed by atoms with Crippen LogP contribution in [0.5, 0.6) is 0 Å². The Morgan fingerprint density at radius 1 is 1.28 bits per heavy atom. The van der Waals surface area contributed by atoms with Crippen molar-refractivity contribution in [3.63, 3.8) is 0 Å². The third-order valence-corrected chi connectivity index (χ3v) is 8.61. The Bertz CT molecular complexity index is 816. The minimum atomic E-state index is -2.76. The van der Waals surface area contributed by atoms with Crippen LogP contribution in [0.2, 0.25) is 0 Å². The molecule has 0 radical (unpaired) electrons. The van der Waals surface area contributed by atoms with E-state index in [1.807, 2.05) is 0 Å². The number of guanidine groups is 1. The molecule has 8 aliphatic rings. The summed E-state index contributed by atoms with van der Waals surface area (Å²) in [6.45, 7) is -0.687. The molecule has 9 N–H and O–H groups in total. The van der Waals surface area contributed by atoms with Gasteiger partial charge in [-0.3, -0.25) is 16.0 Å². The number of ether oxygens (including phenoxy) is 2. The lowest BCUT2D eigenvalue weighted by Gasteiger charge is -2.94. The van der Waals surface area contributed by atoms with Gasteiger partial charge in [0, 0.05) is 11.8 Å². The number of hydrogen-bond acceptors (Lipinski definition) is 10. The molecule has 3 saturated heterocycles. The molecule has 25 heavy (non-hydrogen) atoms. The number of hydrogen-bond donors (Lipinski definition) is 8. The molecule has 12 atom stereocenters. The highest BCUT2D eigenvalue weighted by atomic mass is 16.9. The predicted octanol–water partition coefficient (Wildman–Crippen LogP) is -8.28. The Balaban J connectivity index is 1.57. The molecule has 0 aromatic heterocycles. The third kappa shape index (κ3) is 0.724. The molecule has 136 valence electrons. The van der Waals surface area contributed by atoms with E-state index in [9.17, 15) is 30.6 Å². The van der Waals surface area contributed by atoms with Crippen LogP contribution in [0, 0.1) is 17.3 Å². The smallest absolute Gasteiger partial charge is 0.342 e. The van der Waals surface area contributed by atoms with Crippen LogP contribution in [-0.2, 0) is 9.47 Å². The van der Waals surface area contributed by atoms with E-state index in [4.69, 9.17) is 15.2 Å². The van der Waals surface area contributed by atoms with Crippen LogP contribution in [0.4, 0.5) is 0 Å². The highest BCUT2D eigenvalue weighted by Gasteiger charge is 3.16. The quantitative estimate of drug-likeness (QED) is 0.224. The largest absolute Gasteiger partial charge is 0.805 e. The Morgan fingerprint density at radius 2 is 2.00 bits per heavy atom. The summed E-state index contributed by atoms with van der Waals surface area (Å²) >= 11 is 0. The van der Waals surface area contributed by atoms with Crippen molar-refractivity contribution < 1.29 is 45.1 Å². The second-order valence-electron chi connectivity index (χ2n) is 8.61. The molecule has 5 unspecified atom stereocenters. The van der Waals surface area contributed by atoms with Crippen molar-refractivity contribution in [1.82, 2.24) is 5.32 Å². The minimum absolute atomic E-state index is 0.0329. The summed E-state index contributed by atoms with van der Waals surface area (Å²) < 4.78 is 11.1. The normalized spacial score (nSPS) is 77.9. The van der Waals surface area contributed by atoms with Gasteiger partial charge in [0.1, 0.15) is 35.5 Å². The molecular weight excluding hydrogens is 338 g/mol. The van der Waals surface area contributed by atoms with E-state index in [1.54, 1.807) is 0 Å². The Kier molecular flexibility index (Phi) is 1.67. The SMILES string of the molecule is NC1=[NH+][C@@]23C(O)[C@@H]4C5C(O)(CO)C6OC7([O-])O[C@@]65[C@@]42[C@H](O)[C@]3(N1)[C@@H]7O. The highest BCUT2D eigenvalue weighted by Crippen LogP contribution is 2.93. The fraction of sp³-hybridized carbons (Fsp3) is 0.929. The first kappa shape index (κ1) is 14.1. The first-order valence-electron chi connectivity index (χ1n) is 8.31. The average Bonchev–Trinajstić information content (AvgIpc) is 3.02. The fourth-order valence-electron chi connectivity index (χ4n) is 8.31. The van der Waals surface area contributed by atoms with Gasteiger partial charge in [-0.25, -0.2) is 0 Å². The van der Waals surface area contributed by atoms with E-state index >= 15 is 0 Å². The van der Waals surface area contributed by atoms with E-state index in [2.05, 4.69) is 10.3 Å². The zero-order valence-corrected chi connectivity index (χ0v) is 12.7. The summed E-state index contributed by atoms with van der Waals surface area (Å²) in [6.07, 6.45) is -5.49. The lowest BCUT2D eigenvalue weighted by molar-refractivity contribution is -0.724. The van der Waals surface area contributed by atoms with Crippen molar-refractivity contribution >= 4 is 5.96 Å². The summed E-state index contributed by atoms with van der Waals surface area (Å²) in [5, 5.41) is 69.4. The molecule has 4 aliphatic heterocycles. The Hall–Kier alpha value is -1.05. The van der Waals surface area contributed by atoms with Gasteiger partial charge in [0.25, 0.3) is 0 Å². The molecule has 0 aromatic carbocycles. The van der Waals surface area contributed by atoms with Gasteiger partial charge >= 0.3 is 5.96 Å². The van der Waals surface area contributed by atoms with Crippen LogP contribution in [0.15, 0.2) is 0 Å². The van der Waals surface area contributed by atoms with E-state index < -0.39 is 76.5 Å². The van der Waals surface area contributed by atoms with E-state index in [0.29, 0.717) is 0 Å². The van der Waals surface area contributed by atoms with Crippen LogP contribution >= 0.6 is 0 Å². The van der Waals surface area contributed by atoms with E-state index in [0.717, 1.165) is 0 Å². The summed E-state index contributed by atoms with van der Waals surface area (Å²) in [5.41, 5.74) is -1.42. The molecule has 4 aliphatic carbocycles. The molecule has 0 aromatic rings. The standard InChI is InChI=1S/C14H16N3O8/c15-8-16-11-5(20)10-2(4(19)13(10,11)17-8)3-9(22,1-18)7-12(3,10)25-14(23,24-7)6(11)21/h2-7,18-22H,1H2,(H3,15,16,17)/q-1/p+1/t2-,3?,4?,5-,6-,7?,9?,10-,11-,12+,13-,14?/m0/s1. The van der Waals surface area contributed by atoms with Gasteiger partial charge in [-0.15, -0.1) is 0 Å². The van der Waals surface area contributed by atoms with Crippen molar-refractivity contribution in [1.29, 1.82) is 0 Å². The number of aliphatic hydroxyl groups is 5. The molecular formula is C14H17N3O8. The molecule has 7 fully saturated rings. The summed E-state index contributed by atoms with van der Waals surface area (Å²) in [5.74, 6) is -4.14. The first-order valence-corrected chi connectivity index (χ1v) is 8.31. The van der Waals surface area contributed by atoms with Crippen molar-refractivity contribution in [2.75, 3.05) is 6.61 Å². The van der Waals surface area contributed by atoms with Crippen molar-refractivity contribution in [3.05, 3.63) is 0 Å². The lowest BCUT2D eigenvalue weighted by Crippen LogP contribution is -3.23. The number of nitrogens with one attached hydrogen (secondary N) is 2. The molecule has 4 spiro atoms. The maximum atomic E-state index is 13.2. The predicted molar refractivity (Wildman–Crippen MR) is 69.6 cm³/mol. The summed E-state index contributed by atoms with van der Waals surface area (Å²) in [6, 6.07) is 0. The van der Waals surface area contributed by atoms with E-state index in [1.165, 1.54) is 0 Å². The van der Waals surface area contributed by atoms with Crippen LogP contribution in [0.1, 0.15) is 0 Å². The molecule has 11 heteroatoms. The number of nitrogens with two attached hydrogens (primary N) is 1. The first-order chi connectivity index (χ1) is 11.7. The van der Waals surface area contributed by atoms with Gasteiger partial charge in [0.15, 0.2) is 11.1 Å². The number of rotatable bonds is 1. The number of aliphatic hydroxyl groups excluding tert-OH is 4. The van der Waals surface area contributed by atoms with Gasteiger partial charge in [0.2, 0.25) is 0 Å². The van der Waals surface area contributed by atoms with Crippen LogP contribution < -0.4 is 21.1 Å². The second kappa shape index (κ2) is 2.98. The average molecular weight is 355 g/mol. The minimum Gasteiger partial charge on any atom is -0.805 e. The van der Waals surface area contributed by atoms with Gasteiger partial charge in [0.05, 0.1) is 18.1 Å². The topological polar surface area (TPSA) is 195 Å². The Morgan fingerprint density at radius 3 is 2.68 bits per heavy atom. The summed E-state index contributed by atoms with van der Waals surface area (Å²) in [4.78, 5) is 2.94. The monoisotopic (exact) mass is 355 g/mol. The van der Waals surface area contributed by atoms with Crippen molar-refractivity contribution in [2.45, 2.75) is 52.7 Å². The molecule has 4 bridgehead atoms. The zero-order chi connectivity index (χ0) is 17.6. The fourth-order valence-corrected chi connectivity index (χ4v) is 8.31. The second-order valence-corrected chi connectivity index (χ2v) is 8.61. The summed E-state index contributed by atoms with van der Waals surface area (Å²) in [7, 11) is 0. The highest BCUT2D eigenvalue weighted by molar-refractivity contribution is 5.79. The Labute approximate surface area is 139 Å². The van der Waals surface area contributed by atoms with Gasteiger partial charge < -0.3 is 40.1 Å². The van der Waals surface area contributed by atoms with Crippen LogP contribution in [-0.4, -0.2) is 90.8 Å². The van der Waals surface area contributed by atoms with Crippen LogP contribution in [0.3, 0.4) is 0 Å². The molecule has 11 nitrogen and oxygen atoms in total. The molecule has 8 rings (SSSR count).